The second-order valence-electron chi connectivity index (χ2n) is 21.4. The van der Waals surface area contributed by atoms with Crippen molar-refractivity contribution < 1.29 is 24.5 Å². The molecule has 1 amide bonds. The van der Waals surface area contributed by atoms with Crippen molar-refractivity contribution in [3.05, 3.63) is 12.2 Å². The minimum Gasteiger partial charge on any atom is -0.466 e. The van der Waals surface area contributed by atoms with Crippen molar-refractivity contribution in [1.29, 1.82) is 0 Å². The first-order valence-corrected chi connectivity index (χ1v) is 30.9. The summed E-state index contributed by atoms with van der Waals surface area (Å²) in [5, 5.41) is 23.4. The van der Waals surface area contributed by atoms with Crippen LogP contribution in [-0.4, -0.2) is 47.4 Å². The van der Waals surface area contributed by atoms with Crippen molar-refractivity contribution in [3.63, 3.8) is 0 Å². The number of amides is 1. The van der Waals surface area contributed by atoms with Gasteiger partial charge >= 0.3 is 5.97 Å². The lowest BCUT2D eigenvalue weighted by Crippen LogP contribution is -2.45. The van der Waals surface area contributed by atoms with Crippen LogP contribution in [0.3, 0.4) is 0 Å². The van der Waals surface area contributed by atoms with Gasteiger partial charge in [0, 0.05) is 12.8 Å². The van der Waals surface area contributed by atoms with Crippen LogP contribution in [0.15, 0.2) is 12.2 Å². The van der Waals surface area contributed by atoms with Crippen molar-refractivity contribution in [2.75, 3.05) is 13.2 Å². The highest BCUT2D eigenvalue weighted by molar-refractivity contribution is 5.76. The molecule has 0 aliphatic rings. The maximum absolute atomic E-state index is 12.5. The third-order valence-electron chi connectivity index (χ3n) is 14.6. The summed E-state index contributed by atoms with van der Waals surface area (Å²) < 4.78 is 5.47. The molecule has 0 spiro atoms. The number of unbranched alkanes of at least 4 members (excludes halogenated alkanes) is 45. The predicted molar refractivity (Wildman–Crippen MR) is 297 cm³/mol. The van der Waals surface area contributed by atoms with Gasteiger partial charge in [0.05, 0.1) is 25.4 Å². The molecular formula is C62H121NO5. The number of aliphatic hydroxyl groups excluding tert-OH is 2. The molecule has 2 atom stereocenters. The summed E-state index contributed by atoms with van der Waals surface area (Å²) in [5.74, 6) is -0.0389. The maximum Gasteiger partial charge on any atom is 0.305 e. The molecule has 0 rings (SSSR count). The van der Waals surface area contributed by atoms with Gasteiger partial charge in [-0.15, -0.1) is 0 Å². The highest BCUT2D eigenvalue weighted by Crippen LogP contribution is 2.18. The largest absolute Gasteiger partial charge is 0.466 e. The van der Waals surface area contributed by atoms with Crippen molar-refractivity contribution in [2.24, 2.45) is 0 Å². The Labute approximate surface area is 425 Å². The second-order valence-corrected chi connectivity index (χ2v) is 21.4. The fraction of sp³-hybridized carbons (Fsp3) is 0.935. The topological polar surface area (TPSA) is 95.9 Å². The third kappa shape index (κ3) is 53.9. The van der Waals surface area contributed by atoms with Crippen LogP contribution in [0.1, 0.15) is 348 Å². The zero-order valence-corrected chi connectivity index (χ0v) is 46.1. The number of aliphatic hydroxyl groups is 2. The van der Waals surface area contributed by atoms with Crippen LogP contribution in [0.25, 0.3) is 0 Å². The molecule has 0 bridgehead atoms. The van der Waals surface area contributed by atoms with Crippen LogP contribution in [-0.2, 0) is 14.3 Å². The zero-order chi connectivity index (χ0) is 49.3. The van der Waals surface area contributed by atoms with Crippen LogP contribution >= 0.6 is 0 Å². The summed E-state index contributed by atoms with van der Waals surface area (Å²) in [7, 11) is 0. The molecule has 0 heterocycles. The number of esters is 1. The van der Waals surface area contributed by atoms with Crippen molar-refractivity contribution >= 4 is 11.9 Å². The van der Waals surface area contributed by atoms with Gasteiger partial charge in [-0.25, -0.2) is 0 Å². The van der Waals surface area contributed by atoms with Crippen molar-refractivity contribution in [2.45, 2.75) is 360 Å². The number of hydrogen-bond donors (Lipinski definition) is 3. The number of allylic oxidation sites excluding steroid dienone is 2. The van der Waals surface area contributed by atoms with Gasteiger partial charge in [0.2, 0.25) is 5.91 Å². The summed E-state index contributed by atoms with van der Waals surface area (Å²) in [6.45, 7) is 4.96. The summed E-state index contributed by atoms with van der Waals surface area (Å²) >= 11 is 0. The average molecular weight is 961 g/mol. The summed E-state index contributed by atoms with van der Waals surface area (Å²) in [6, 6.07) is -0.546. The predicted octanol–water partition coefficient (Wildman–Crippen LogP) is 19.2. The molecule has 0 saturated heterocycles. The average Bonchev–Trinajstić information content (AvgIpc) is 3.34. The Balaban J connectivity index is 3.41. The molecule has 404 valence electrons. The molecule has 6 heteroatoms. The van der Waals surface area contributed by atoms with Gasteiger partial charge in [0.25, 0.3) is 0 Å². The number of rotatable bonds is 58. The van der Waals surface area contributed by atoms with E-state index < -0.39 is 12.1 Å². The molecule has 0 radical (unpaired) electrons. The van der Waals surface area contributed by atoms with Gasteiger partial charge in [-0.3, -0.25) is 9.59 Å². The minimum absolute atomic E-state index is 0.00216. The second kappa shape index (κ2) is 58.2. The molecule has 0 aromatic heterocycles. The highest BCUT2D eigenvalue weighted by atomic mass is 16.5. The molecule has 3 N–H and O–H groups in total. The van der Waals surface area contributed by atoms with E-state index in [0.717, 1.165) is 44.9 Å². The number of carbonyl (C=O) groups excluding carboxylic acids is 2. The van der Waals surface area contributed by atoms with Crippen molar-refractivity contribution in [1.82, 2.24) is 5.32 Å². The smallest absolute Gasteiger partial charge is 0.305 e. The van der Waals surface area contributed by atoms with E-state index in [1.54, 1.807) is 0 Å². The Bertz CT molecular complexity index is 1020. The van der Waals surface area contributed by atoms with E-state index in [0.29, 0.717) is 25.9 Å². The Morgan fingerprint density at radius 2 is 0.691 bits per heavy atom. The van der Waals surface area contributed by atoms with Gasteiger partial charge in [-0.2, -0.15) is 0 Å². The minimum atomic E-state index is -0.668. The normalized spacial score (nSPS) is 12.6. The fourth-order valence-electron chi connectivity index (χ4n) is 9.81. The molecule has 0 fully saturated rings. The van der Waals surface area contributed by atoms with Crippen LogP contribution in [0, 0.1) is 0 Å². The first kappa shape index (κ1) is 66.6. The maximum atomic E-state index is 12.5. The Kier molecular flexibility index (Phi) is 57.0. The summed E-state index contributed by atoms with van der Waals surface area (Å²) in [5.41, 5.74) is 0. The fourth-order valence-corrected chi connectivity index (χ4v) is 9.81. The molecular weight excluding hydrogens is 839 g/mol. The summed E-state index contributed by atoms with van der Waals surface area (Å²) in [6.07, 6.45) is 69.2. The van der Waals surface area contributed by atoms with Gasteiger partial charge in [0.1, 0.15) is 0 Å². The standard InChI is InChI=1S/C62H121NO5/c1-3-5-7-9-11-13-15-17-19-20-21-22-24-27-30-34-38-42-46-50-54-60(65)59(58-64)63-61(66)55-51-47-43-39-35-31-28-25-23-26-29-33-37-41-45-49-53-57-68-62(67)56-52-48-44-40-36-32-18-16-14-12-10-8-6-4-2/h16,18,59-60,64-65H,3-15,17,19-58H2,1-2H3,(H,63,66)/b18-16-. The highest BCUT2D eigenvalue weighted by Gasteiger charge is 2.20. The van der Waals surface area contributed by atoms with E-state index in [1.807, 2.05) is 0 Å². The molecule has 6 nitrogen and oxygen atoms in total. The number of hydrogen-bond acceptors (Lipinski definition) is 5. The van der Waals surface area contributed by atoms with E-state index in [4.69, 9.17) is 4.74 Å². The lowest BCUT2D eigenvalue weighted by molar-refractivity contribution is -0.143. The first-order valence-electron chi connectivity index (χ1n) is 30.9. The molecule has 0 aliphatic heterocycles. The van der Waals surface area contributed by atoms with Gasteiger partial charge < -0.3 is 20.3 Å². The molecule has 2 unspecified atom stereocenters. The van der Waals surface area contributed by atoms with Crippen molar-refractivity contribution in [3.8, 4) is 0 Å². The Morgan fingerprint density at radius 3 is 1.04 bits per heavy atom. The molecule has 0 aromatic carbocycles. The molecule has 0 aromatic rings. The lowest BCUT2D eigenvalue weighted by Gasteiger charge is -2.22. The van der Waals surface area contributed by atoms with E-state index in [-0.39, 0.29) is 18.5 Å². The van der Waals surface area contributed by atoms with E-state index in [9.17, 15) is 19.8 Å². The van der Waals surface area contributed by atoms with Crippen LogP contribution in [0.4, 0.5) is 0 Å². The molecule has 0 aliphatic carbocycles. The van der Waals surface area contributed by atoms with Crippen LogP contribution in [0.5, 0.6) is 0 Å². The van der Waals surface area contributed by atoms with E-state index in [1.165, 1.54) is 270 Å². The van der Waals surface area contributed by atoms with E-state index in [2.05, 4.69) is 31.3 Å². The Morgan fingerprint density at radius 1 is 0.397 bits per heavy atom. The van der Waals surface area contributed by atoms with Crippen LogP contribution in [0.2, 0.25) is 0 Å². The van der Waals surface area contributed by atoms with Gasteiger partial charge in [-0.05, 0) is 51.4 Å². The third-order valence-corrected chi connectivity index (χ3v) is 14.6. The SMILES string of the molecule is CCCCCCC/C=C\CCCCCCCC(=O)OCCCCCCCCCCCCCCCCCCCC(=O)NC(CO)C(O)CCCCCCCCCCCCCCCCCCCCCC. The Hall–Kier alpha value is -1.40. The lowest BCUT2D eigenvalue weighted by atomic mass is 10.0. The van der Waals surface area contributed by atoms with Crippen LogP contribution < -0.4 is 5.32 Å². The zero-order valence-electron chi connectivity index (χ0n) is 46.1. The first-order chi connectivity index (χ1) is 33.5. The monoisotopic (exact) mass is 960 g/mol. The molecule has 68 heavy (non-hydrogen) atoms. The number of nitrogens with one attached hydrogen (secondary N) is 1. The number of ether oxygens (including phenoxy) is 1. The number of carbonyl (C=O) groups is 2. The van der Waals surface area contributed by atoms with Gasteiger partial charge in [-0.1, -0.05) is 296 Å². The molecule has 0 saturated carbocycles. The van der Waals surface area contributed by atoms with Gasteiger partial charge in [0.15, 0.2) is 0 Å². The van der Waals surface area contributed by atoms with E-state index >= 15 is 0 Å². The summed E-state index contributed by atoms with van der Waals surface area (Å²) in [4.78, 5) is 24.6. The quantitative estimate of drug-likeness (QED) is 0.0321.